The lowest BCUT2D eigenvalue weighted by molar-refractivity contribution is -0.135. The number of hydrogen-bond donors (Lipinski definition) is 0. The third-order valence-electron chi connectivity index (χ3n) is 3.87. The van der Waals surface area contributed by atoms with Gasteiger partial charge in [0.25, 0.3) is 5.91 Å². The van der Waals surface area contributed by atoms with Crippen molar-refractivity contribution in [2.24, 2.45) is 7.05 Å². The summed E-state index contributed by atoms with van der Waals surface area (Å²) in [5.74, 6) is 1.46. The third kappa shape index (κ3) is 4.05. The summed E-state index contributed by atoms with van der Waals surface area (Å²) in [6.07, 6.45) is 3.59. The molecule has 2 aromatic rings. The molecule has 1 fully saturated rings. The van der Waals surface area contributed by atoms with Crippen LogP contribution in [0.25, 0.3) is 0 Å². The van der Waals surface area contributed by atoms with Gasteiger partial charge in [0.15, 0.2) is 6.61 Å². The lowest BCUT2D eigenvalue weighted by atomic mass is 10.1. The number of hydrogen-bond acceptors (Lipinski definition) is 4. The van der Waals surface area contributed by atoms with Crippen molar-refractivity contribution in [2.45, 2.75) is 6.04 Å². The summed E-state index contributed by atoms with van der Waals surface area (Å²) in [6.45, 7) is 0.423. The van der Waals surface area contributed by atoms with Crippen molar-refractivity contribution in [3.8, 4) is 5.75 Å². The predicted octanol–water partition coefficient (Wildman–Crippen LogP) is 1.89. The van der Waals surface area contributed by atoms with Crippen molar-refractivity contribution in [3.05, 3.63) is 46.7 Å². The normalized spacial score (nSPS) is 20.8. The zero-order valence-corrected chi connectivity index (χ0v) is 15.6. The van der Waals surface area contributed by atoms with Crippen molar-refractivity contribution in [1.29, 1.82) is 0 Å². The zero-order valence-electron chi connectivity index (χ0n) is 13.2. The van der Waals surface area contributed by atoms with Crippen LogP contribution < -0.4 is 4.74 Å². The van der Waals surface area contributed by atoms with Gasteiger partial charge in [-0.15, -0.1) is 0 Å². The molecule has 0 unspecified atom stereocenters. The average Bonchev–Trinajstić information content (AvgIpc) is 2.99. The Bertz CT molecular complexity index is 765. The number of carbonyl (C=O) groups excluding carboxylic acids is 1. The molecule has 1 aliphatic rings. The van der Waals surface area contributed by atoms with Gasteiger partial charge in [-0.05, 0) is 18.2 Å². The van der Waals surface area contributed by atoms with Gasteiger partial charge in [0.1, 0.15) is 5.75 Å². The van der Waals surface area contributed by atoms with E-state index in [1.807, 2.05) is 37.5 Å². The van der Waals surface area contributed by atoms with Gasteiger partial charge in [-0.25, -0.2) is 0 Å². The molecule has 24 heavy (non-hydrogen) atoms. The molecule has 1 aromatic carbocycles. The number of carbonyl (C=O) groups is 1. The summed E-state index contributed by atoms with van der Waals surface area (Å²) in [5.41, 5.74) is 0.904. The first-order valence-corrected chi connectivity index (χ1v) is 9.82. The summed E-state index contributed by atoms with van der Waals surface area (Å²) >= 11 is 3.38. The van der Waals surface area contributed by atoms with Crippen LogP contribution in [0.15, 0.2) is 41.1 Å². The number of halogens is 1. The van der Waals surface area contributed by atoms with Crippen LogP contribution in [0.3, 0.4) is 0 Å². The minimum atomic E-state index is -0.920. The molecule has 128 valence electrons. The van der Waals surface area contributed by atoms with Crippen LogP contribution in [-0.4, -0.2) is 49.5 Å². The van der Waals surface area contributed by atoms with Gasteiger partial charge < -0.3 is 9.64 Å². The van der Waals surface area contributed by atoms with E-state index in [-0.39, 0.29) is 18.6 Å². The molecular weight excluding hydrogens is 394 g/mol. The van der Waals surface area contributed by atoms with E-state index >= 15 is 0 Å². The molecule has 0 N–H and O–H groups in total. The van der Waals surface area contributed by atoms with Crippen LogP contribution in [0.2, 0.25) is 0 Å². The number of aromatic nitrogens is 2. The maximum atomic E-state index is 12.6. The van der Waals surface area contributed by atoms with E-state index in [1.54, 1.807) is 15.8 Å². The summed E-state index contributed by atoms with van der Waals surface area (Å²) in [7, 11) is 0.906. The minimum Gasteiger partial charge on any atom is -0.484 e. The van der Waals surface area contributed by atoms with E-state index in [4.69, 9.17) is 4.74 Å². The van der Waals surface area contributed by atoms with Gasteiger partial charge >= 0.3 is 0 Å². The molecular formula is C16H18BrN3O3S. The topological polar surface area (TPSA) is 64.4 Å². The third-order valence-corrected chi connectivity index (χ3v) is 5.69. The van der Waals surface area contributed by atoms with Gasteiger partial charge in [-0.3, -0.25) is 13.7 Å². The number of aryl methyl sites for hydroxylation is 1. The number of amides is 1. The molecule has 1 amide bonds. The van der Waals surface area contributed by atoms with E-state index < -0.39 is 10.8 Å². The van der Waals surface area contributed by atoms with E-state index in [9.17, 15) is 9.00 Å². The Hall–Kier alpha value is -1.67. The monoisotopic (exact) mass is 411 g/mol. The average molecular weight is 412 g/mol. The van der Waals surface area contributed by atoms with Gasteiger partial charge in [0, 0.05) is 52.1 Å². The Kier molecular flexibility index (Phi) is 5.35. The first-order chi connectivity index (χ1) is 11.5. The highest BCUT2D eigenvalue weighted by molar-refractivity contribution is 9.10. The molecule has 0 saturated carbocycles. The van der Waals surface area contributed by atoms with Gasteiger partial charge in [0.2, 0.25) is 0 Å². The number of benzene rings is 1. The summed E-state index contributed by atoms with van der Waals surface area (Å²) in [6, 6.07) is 7.16. The van der Waals surface area contributed by atoms with Crippen molar-refractivity contribution < 1.29 is 13.7 Å². The number of rotatable bonds is 4. The Morgan fingerprint density at radius 2 is 2.33 bits per heavy atom. The fourth-order valence-electron chi connectivity index (χ4n) is 2.68. The lowest BCUT2D eigenvalue weighted by Crippen LogP contribution is -2.46. The Labute approximate surface area is 151 Å². The molecule has 1 aliphatic heterocycles. The largest absolute Gasteiger partial charge is 0.484 e. The van der Waals surface area contributed by atoms with Crippen LogP contribution in [0.5, 0.6) is 5.75 Å². The number of ether oxygens (including phenoxy) is 1. The zero-order chi connectivity index (χ0) is 17.1. The van der Waals surface area contributed by atoms with E-state index in [0.717, 1.165) is 10.0 Å². The molecule has 0 bridgehead atoms. The van der Waals surface area contributed by atoms with Crippen molar-refractivity contribution in [3.63, 3.8) is 0 Å². The predicted molar refractivity (Wildman–Crippen MR) is 95.2 cm³/mol. The summed E-state index contributed by atoms with van der Waals surface area (Å²) in [5, 5.41) is 4.16. The molecule has 1 aromatic heterocycles. The van der Waals surface area contributed by atoms with Gasteiger partial charge in [-0.2, -0.15) is 5.10 Å². The second-order valence-electron chi connectivity index (χ2n) is 5.61. The van der Waals surface area contributed by atoms with Crippen LogP contribution in [0.4, 0.5) is 0 Å². The molecule has 0 spiro atoms. The molecule has 0 radical (unpaired) electrons. The highest BCUT2D eigenvalue weighted by Crippen LogP contribution is 2.25. The maximum Gasteiger partial charge on any atom is 0.261 e. The van der Waals surface area contributed by atoms with Crippen molar-refractivity contribution in [1.82, 2.24) is 14.7 Å². The molecule has 2 atom stereocenters. The number of nitrogens with zero attached hydrogens (tertiary/aromatic N) is 3. The van der Waals surface area contributed by atoms with Gasteiger partial charge in [-0.1, -0.05) is 22.0 Å². The van der Waals surface area contributed by atoms with Crippen LogP contribution in [-0.2, 0) is 22.6 Å². The first kappa shape index (κ1) is 17.2. The Balaban J connectivity index is 1.70. The standard InChI is InChI=1S/C16H18BrN3O3S/c1-19-9-12(8-18-19)15-11-24(22)6-5-20(15)16(21)10-23-14-4-2-3-13(17)7-14/h2-4,7-9,15H,5-6,10-11H2,1H3/t15-,24+/m0/s1. The maximum absolute atomic E-state index is 12.6. The molecule has 6 nitrogen and oxygen atoms in total. The lowest BCUT2D eigenvalue weighted by Gasteiger charge is -2.34. The fraction of sp³-hybridized carbons (Fsp3) is 0.375. The minimum absolute atomic E-state index is 0.0418. The Morgan fingerprint density at radius 1 is 1.50 bits per heavy atom. The quantitative estimate of drug-likeness (QED) is 0.770. The van der Waals surface area contributed by atoms with E-state index in [2.05, 4.69) is 21.0 Å². The van der Waals surface area contributed by atoms with E-state index in [0.29, 0.717) is 23.8 Å². The molecule has 1 saturated heterocycles. The molecule has 3 rings (SSSR count). The smallest absolute Gasteiger partial charge is 0.261 e. The highest BCUT2D eigenvalue weighted by atomic mass is 79.9. The second-order valence-corrected chi connectivity index (χ2v) is 8.14. The van der Waals surface area contributed by atoms with Crippen molar-refractivity contribution >= 4 is 32.6 Å². The first-order valence-electron chi connectivity index (χ1n) is 7.54. The Morgan fingerprint density at radius 3 is 3.04 bits per heavy atom. The second kappa shape index (κ2) is 7.48. The van der Waals surface area contributed by atoms with Crippen LogP contribution in [0, 0.1) is 0 Å². The van der Waals surface area contributed by atoms with Crippen LogP contribution >= 0.6 is 15.9 Å². The van der Waals surface area contributed by atoms with Crippen LogP contribution in [0.1, 0.15) is 11.6 Å². The highest BCUT2D eigenvalue weighted by Gasteiger charge is 2.32. The fourth-order valence-corrected chi connectivity index (χ4v) is 4.35. The molecule has 8 heteroatoms. The molecule has 0 aliphatic carbocycles. The van der Waals surface area contributed by atoms with Crippen molar-refractivity contribution in [2.75, 3.05) is 24.7 Å². The summed E-state index contributed by atoms with van der Waals surface area (Å²) in [4.78, 5) is 14.4. The van der Waals surface area contributed by atoms with Gasteiger partial charge in [0.05, 0.1) is 12.2 Å². The summed E-state index contributed by atoms with van der Waals surface area (Å²) < 4.78 is 20.1. The SMILES string of the molecule is Cn1cc([C@@H]2C[S@](=O)CCN2C(=O)COc2cccc(Br)c2)cn1. The molecule has 2 heterocycles. The van der Waals surface area contributed by atoms with E-state index in [1.165, 1.54) is 0 Å².